The highest BCUT2D eigenvalue weighted by atomic mass is 16.3. The number of aryl methyl sites for hydroxylation is 1. The van der Waals surface area contributed by atoms with Crippen LogP contribution in [0.15, 0.2) is 18.7 Å². The van der Waals surface area contributed by atoms with Gasteiger partial charge in [0.2, 0.25) is 5.91 Å². The van der Waals surface area contributed by atoms with Gasteiger partial charge in [0.1, 0.15) is 0 Å². The van der Waals surface area contributed by atoms with Crippen LogP contribution in [0.25, 0.3) is 0 Å². The monoisotopic (exact) mass is 265 g/mol. The first-order valence-corrected chi connectivity index (χ1v) is 7.03. The number of aromatic nitrogens is 2. The zero-order valence-corrected chi connectivity index (χ0v) is 11.6. The number of amides is 1. The lowest BCUT2D eigenvalue weighted by Crippen LogP contribution is -2.33. The zero-order valence-electron chi connectivity index (χ0n) is 11.6. The molecule has 0 unspecified atom stereocenters. The summed E-state index contributed by atoms with van der Waals surface area (Å²) in [6, 6.07) is 0. The third-order valence-electron chi connectivity index (χ3n) is 3.78. The molecule has 1 aliphatic rings. The van der Waals surface area contributed by atoms with E-state index in [0.29, 0.717) is 19.4 Å². The number of rotatable bonds is 4. The largest absolute Gasteiger partial charge is 0.390 e. The minimum absolute atomic E-state index is 0.206. The van der Waals surface area contributed by atoms with Crippen molar-refractivity contribution in [2.24, 2.45) is 0 Å². The van der Waals surface area contributed by atoms with Gasteiger partial charge < -0.3 is 14.6 Å². The third-order valence-corrected chi connectivity index (χ3v) is 3.78. The van der Waals surface area contributed by atoms with E-state index in [2.05, 4.69) is 4.98 Å². The van der Waals surface area contributed by atoms with Crippen molar-refractivity contribution in [3.63, 3.8) is 0 Å². The maximum atomic E-state index is 12.1. The Bertz CT molecular complexity index is 401. The van der Waals surface area contributed by atoms with E-state index in [-0.39, 0.29) is 5.91 Å². The Kier molecular flexibility index (Phi) is 4.58. The number of aliphatic hydroxyl groups is 1. The fourth-order valence-corrected chi connectivity index (χ4v) is 2.50. The first-order chi connectivity index (χ1) is 9.07. The van der Waals surface area contributed by atoms with Crippen molar-refractivity contribution in [3.8, 4) is 0 Å². The maximum Gasteiger partial charge on any atom is 0.222 e. The summed E-state index contributed by atoms with van der Waals surface area (Å²) in [5.41, 5.74) is -0.605. The Morgan fingerprint density at radius 3 is 3.00 bits per heavy atom. The van der Waals surface area contributed by atoms with Gasteiger partial charge >= 0.3 is 0 Å². The lowest BCUT2D eigenvalue weighted by molar-refractivity contribution is -0.131. The van der Waals surface area contributed by atoms with Crippen LogP contribution in [0.3, 0.4) is 0 Å². The van der Waals surface area contributed by atoms with Crippen LogP contribution in [0.5, 0.6) is 0 Å². The molecule has 1 aliphatic heterocycles. The second-order valence-corrected chi connectivity index (χ2v) is 5.64. The van der Waals surface area contributed by atoms with Crippen molar-refractivity contribution in [1.82, 2.24) is 14.5 Å². The van der Waals surface area contributed by atoms with E-state index in [9.17, 15) is 9.90 Å². The molecular weight excluding hydrogens is 242 g/mol. The number of carbonyl (C=O) groups excluding carboxylic acids is 1. The van der Waals surface area contributed by atoms with Crippen LogP contribution in [0.1, 0.15) is 39.0 Å². The van der Waals surface area contributed by atoms with E-state index in [0.717, 1.165) is 32.4 Å². The van der Waals surface area contributed by atoms with Crippen LogP contribution >= 0.6 is 0 Å². The van der Waals surface area contributed by atoms with Crippen molar-refractivity contribution in [2.45, 2.75) is 51.2 Å². The van der Waals surface area contributed by atoms with Crippen LogP contribution in [0.2, 0.25) is 0 Å². The first-order valence-electron chi connectivity index (χ1n) is 7.03. The minimum Gasteiger partial charge on any atom is -0.390 e. The van der Waals surface area contributed by atoms with Gasteiger partial charge in [-0.2, -0.15) is 0 Å². The van der Waals surface area contributed by atoms with Crippen molar-refractivity contribution in [1.29, 1.82) is 0 Å². The second kappa shape index (κ2) is 6.19. The van der Waals surface area contributed by atoms with Crippen LogP contribution in [0, 0.1) is 0 Å². The van der Waals surface area contributed by atoms with Crippen LogP contribution in [-0.2, 0) is 11.3 Å². The summed E-state index contributed by atoms with van der Waals surface area (Å²) in [5.74, 6) is 0.206. The van der Waals surface area contributed by atoms with Gasteiger partial charge in [0.15, 0.2) is 0 Å². The van der Waals surface area contributed by atoms with Crippen molar-refractivity contribution >= 4 is 5.91 Å². The molecule has 1 aromatic rings. The van der Waals surface area contributed by atoms with E-state index < -0.39 is 5.60 Å². The number of carbonyl (C=O) groups is 1. The van der Waals surface area contributed by atoms with E-state index in [1.54, 1.807) is 12.5 Å². The number of likely N-dealkylation sites (tertiary alicyclic amines) is 1. The van der Waals surface area contributed by atoms with Gasteiger partial charge in [-0.25, -0.2) is 4.98 Å². The summed E-state index contributed by atoms with van der Waals surface area (Å²) in [4.78, 5) is 18.0. The standard InChI is InChI=1S/C14H23N3O2/c1-14(19)5-3-9-17(10-6-14)13(18)4-2-8-16-11-7-15-12-16/h7,11-12,19H,2-6,8-10H2,1H3/t14-/m1/s1. The predicted molar refractivity (Wildman–Crippen MR) is 72.5 cm³/mol. The molecule has 2 rings (SSSR count). The van der Waals surface area contributed by atoms with Crippen LogP contribution in [0.4, 0.5) is 0 Å². The minimum atomic E-state index is -0.605. The quantitative estimate of drug-likeness (QED) is 0.896. The van der Waals surface area contributed by atoms with Gasteiger partial charge in [0.05, 0.1) is 11.9 Å². The summed E-state index contributed by atoms with van der Waals surface area (Å²) in [5, 5.41) is 10.0. The molecule has 1 amide bonds. The Morgan fingerprint density at radius 1 is 1.42 bits per heavy atom. The molecule has 19 heavy (non-hydrogen) atoms. The average molecular weight is 265 g/mol. The molecule has 1 atom stereocenters. The molecule has 0 saturated carbocycles. The number of hydrogen-bond acceptors (Lipinski definition) is 3. The van der Waals surface area contributed by atoms with Crippen molar-refractivity contribution in [2.75, 3.05) is 13.1 Å². The van der Waals surface area contributed by atoms with Gasteiger partial charge in [0.25, 0.3) is 0 Å². The second-order valence-electron chi connectivity index (χ2n) is 5.64. The SMILES string of the molecule is C[C@@]1(O)CCCN(C(=O)CCCn2ccnc2)CC1. The summed E-state index contributed by atoms with van der Waals surface area (Å²) in [6.45, 7) is 4.15. The maximum absolute atomic E-state index is 12.1. The molecule has 5 nitrogen and oxygen atoms in total. The van der Waals surface area contributed by atoms with E-state index >= 15 is 0 Å². The fourth-order valence-electron chi connectivity index (χ4n) is 2.50. The smallest absolute Gasteiger partial charge is 0.222 e. The summed E-state index contributed by atoms with van der Waals surface area (Å²) < 4.78 is 1.99. The molecule has 1 N–H and O–H groups in total. The normalized spacial score (nSPS) is 24.2. The molecule has 0 aliphatic carbocycles. The van der Waals surface area contributed by atoms with Crippen LogP contribution in [-0.4, -0.2) is 44.2 Å². The Labute approximate surface area is 114 Å². The highest BCUT2D eigenvalue weighted by Crippen LogP contribution is 2.21. The van der Waals surface area contributed by atoms with E-state index in [1.165, 1.54) is 0 Å². The zero-order chi connectivity index (χ0) is 13.7. The molecule has 1 aromatic heterocycles. The molecule has 2 heterocycles. The molecule has 1 fully saturated rings. The number of nitrogens with zero attached hydrogens (tertiary/aromatic N) is 3. The Balaban J connectivity index is 1.73. The fraction of sp³-hybridized carbons (Fsp3) is 0.714. The van der Waals surface area contributed by atoms with Gasteiger partial charge in [-0.3, -0.25) is 4.79 Å². The molecule has 0 spiro atoms. The molecule has 1 saturated heterocycles. The summed E-state index contributed by atoms with van der Waals surface area (Å²) in [7, 11) is 0. The number of imidazole rings is 1. The topological polar surface area (TPSA) is 58.4 Å². The highest BCUT2D eigenvalue weighted by Gasteiger charge is 2.26. The molecule has 0 bridgehead atoms. The Morgan fingerprint density at radius 2 is 2.26 bits per heavy atom. The molecule has 0 radical (unpaired) electrons. The summed E-state index contributed by atoms with van der Waals surface area (Å²) >= 11 is 0. The first kappa shape index (κ1) is 14.1. The molecule has 5 heteroatoms. The van der Waals surface area contributed by atoms with E-state index in [1.807, 2.05) is 22.6 Å². The predicted octanol–water partition coefficient (Wildman–Crippen LogP) is 1.43. The van der Waals surface area contributed by atoms with Gasteiger partial charge in [0, 0.05) is 38.4 Å². The molecule has 106 valence electrons. The van der Waals surface area contributed by atoms with Crippen LogP contribution < -0.4 is 0 Å². The average Bonchev–Trinajstić information content (AvgIpc) is 2.79. The highest BCUT2D eigenvalue weighted by molar-refractivity contribution is 5.76. The lowest BCUT2D eigenvalue weighted by Gasteiger charge is -2.22. The number of hydrogen-bond donors (Lipinski definition) is 1. The van der Waals surface area contributed by atoms with Crippen molar-refractivity contribution < 1.29 is 9.90 Å². The Hall–Kier alpha value is -1.36. The van der Waals surface area contributed by atoms with E-state index in [4.69, 9.17) is 0 Å². The molecular formula is C14H23N3O2. The summed E-state index contributed by atoms with van der Waals surface area (Å²) in [6.07, 6.45) is 9.19. The lowest BCUT2D eigenvalue weighted by atomic mass is 9.98. The van der Waals surface area contributed by atoms with Gasteiger partial charge in [-0.05, 0) is 32.6 Å². The van der Waals surface area contributed by atoms with Crippen molar-refractivity contribution in [3.05, 3.63) is 18.7 Å². The van der Waals surface area contributed by atoms with Gasteiger partial charge in [-0.15, -0.1) is 0 Å². The van der Waals surface area contributed by atoms with Gasteiger partial charge in [-0.1, -0.05) is 0 Å². The third kappa shape index (κ3) is 4.35. The molecule has 0 aromatic carbocycles.